The highest BCUT2D eigenvalue weighted by molar-refractivity contribution is 5.94. The fraction of sp³-hybridized carbons (Fsp3) is 0.571. The molecule has 214 valence electrons. The maximum Gasteiger partial charge on any atom is 0.248 e. The third-order valence-corrected chi connectivity index (χ3v) is 6.84. The molecule has 3 rings (SSSR count). The molecular weight excluding hydrogens is 504 g/mol. The molecule has 1 aromatic heterocycles. The van der Waals surface area contributed by atoms with Gasteiger partial charge in [0.1, 0.15) is 11.8 Å². The van der Waals surface area contributed by atoms with Crippen LogP contribution in [0.2, 0.25) is 0 Å². The number of nitrogens with zero attached hydrogens (tertiary/aromatic N) is 2. The molecule has 11 heteroatoms. The lowest BCUT2D eigenvalue weighted by Gasteiger charge is -2.36. The smallest absolute Gasteiger partial charge is 0.248 e. The Bertz CT molecular complexity index is 1140. The van der Waals surface area contributed by atoms with Gasteiger partial charge in [0.15, 0.2) is 17.3 Å². The van der Waals surface area contributed by atoms with Crippen LogP contribution < -0.4 is 20.1 Å². The lowest BCUT2D eigenvalue weighted by Crippen LogP contribution is -2.51. The number of hydrogen-bond acceptors (Lipinski definition) is 8. The molecule has 1 aliphatic heterocycles. The molecule has 0 radical (unpaired) electrons. The maximum atomic E-state index is 13.9. The van der Waals surface area contributed by atoms with Gasteiger partial charge in [-0.05, 0) is 46.1 Å². The molecular formula is C28H40N4O7. The summed E-state index contributed by atoms with van der Waals surface area (Å²) < 4.78 is 22.0. The molecule has 1 aromatic carbocycles. The van der Waals surface area contributed by atoms with Crippen molar-refractivity contribution < 1.29 is 33.1 Å². The van der Waals surface area contributed by atoms with E-state index in [1.807, 2.05) is 20.8 Å². The van der Waals surface area contributed by atoms with Crippen LogP contribution in [0.4, 0.5) is 5.82 Å². The van der Waals surface area contributed by atoms with Crippen molar-refractivity contribution in [1.29, 1.82) is 0 Å². The average molecular weight is 545 g/mol. The summed E-state index contributed by atoms with van der Waals surface area (Å²) in [5.74, 6) is 0.522. The number of aromatic nitrogens is 1. The van der Waals surface area contributed by atoms with Crippen molar-refractivity contribution >= 4 is 23.5 Å². The second-order valence-corrected chi connectivity index (χ2v) is 10.3. The predicted molar refractivity (Wildman–Crippen MR) is 145 cm³/mol. The number of rotatable bonds is 13. The summed E-state index contributed by atoms with van der Waals surface area (Å²) in [7, 11) is 3.01. The van der Waals surface area contributed by atoms with Crippen molar-refractivity contribution in [2.75, 3.05) is 32.7 Å². The van der Waals surface area contributed by atoms with Crippen LogP contribution >= 0.6 is 0 Å². The molecule has 2 heterocycles. The number of aryl methyl sites for hydroxylation is 1. The molecule has 2 N–H and O–H groups in total. The van der Waals surface area contributed by atoms with E-state index in [9.17, 15) is 14.4 Å². The van der Waals surface area contributed by atoms with Gasteiger partial charge in [-0.25, -0.2) is 0 Å². The number of carbonyl (C=O) groups is 3. The van der Waals surface area contributed by atoms with Crippen LogP contribution in [0.25, 0.3) is 0 Å². The molecule has 0 saturated carbocycles. The fourth-order valence-corrected chi connectivity index (χ4v) is 4.42. The van der Waals surface area contributed by atoms with Gasteiger partial charge in [-0.15, -0.1) is 0 Å². The molecule has 3 amide bonds. The number of benzene rings is 1. The van der Waals surface area contributed by atoms with Gasteiger partial charge in [-0.2, -0.15) is 0 Å². The normalized spacial score (nSPS) is 15.9. The highest BCUT2D eigenvalue weighted by atomic mass is 16.5. The molecule has 0 aliphatic carbocycles. The van der Waals surface area contributed by atoms with Gasteiger partial charge < -0.3 is 34.3 Å². The number of nitrogens with one attached hydrogen (secondary N) is 2. The standard InChI is InChI=1S/C28H40N4O7/c1-7-28(3,4)30-27(35)25(20-11-8-12-21(36-5)26(20)37-6)32(17-19-10-9-15-38-19)24(34)14-13-23(33)29-22-16-18(2)39-31-22/h8,11-12,16,19,25H,7,9-10,13-15,17H2,1-6H3,(H,30,35)(H,29,31,33)/t19-,25-/m1/s1. The minimum Gasteiger partial charge on any atom is -0.493 e. The van der Waals surface area contributed by atoms with Crippen molar-refractivity contribution in [3.8, 4) is 11.5 Å². The zero-order valence-electron chi connectivity index (χ0n) is 23.7. The van der Waals surface area contributed by atoms with Crippen molar-refractivity contribution in [2.45, 2.75) is 77.5 Å². The Labute approximate surface area is 229 Å². The van der Waals surface area contributed by atoms with Gasteiger partial charge in [0.25, 0.3) is 0 Å². The van der Waals surface area contributed by atoms with E-state index in [-0.39, 0.29) is 49.0 Å². The highest BCUT2D eigenvalue weighted by Gasteiger charge is 2.38. The van der Waals surface area contributed by atoms with Crippen molar-refractivity contribution in [3.63, 3.8) is 0 Å². The second kappa shape index (κ2) is 13.5. The van der Waals surface area contributed by atoms with Crippen LogP contribution in [0.5, 0.6) is 11.5 Å². The molecule has 39 heavy (non-hydrogen) atoms. The summed E-state index contributed by atoms with van der Waals surface area (Å²) in [6.45, 7) is 8.32. The van der Waals surface area contributed by atoms with E-state index in [1.165, 1.54) is 19.1 Å². The Kier molecular flexibility index (Phi) is 10.3. The Morgan fingerprint density at radius 2 is 1.97 bits per heavy atom. The molecule has 11 nitrogen and oxygen atoms in total. The number of amides is 3. The topological polar surface area (TPSA) is 132 Å². The largest absolute Gasteiger partial charge is 0.493 e. The third kappa shape index (κ3) is 7.95. The minimum atomic E-state index is -1.04. The molecule has 2 atom stereocenters. The Morgan fingerprint density at radius 3 is 2.56 bits per heavy atom. The lowest BCUT2D eigenvalue weighted by molar-refractivity contribution is -0.144. The summed E-state index contributed by atoms with van der Waals surface area (Å²) in [4.78, 5) is 41.8. The van der Waals surface area contributed by atoms with Gasteiger partial charge in [0.2, 0.25) is 17.7 Å². The van der Waals surface area contributed by atoms with Crippen molar-refractivity contribution in [3.05, 3.63) is 35.6 Å². The molecule has 0 unspecified atom stereocenters. The van der Waals surface area contributed by atoms with Gasteiger partial charge in [-0.3, -0.25) is 14.4 Å². The lowest BCUT2D eigenvalue weighted by atomic mass is 9.97. The van der Waals surface area contributed by atoms with Gasteiger partial charge in [0.05, 0.1) is 20.3 Å². The first kappa shape index (κ1) is 29.9. The highest BCUT2D eigenvalue weighted by Crippen LogP contribution is 2.38. The van der Waals surface area contributed by atoms with Crippen LogP contribution in [0.1, 0.15) is 70.2 Å². The molecule has 1 saturated heterocycles. The van der Waals surface area contributed by atoms with Gasteiger partial charge in [0, 0.05) is 43.2 Å². The van der Waals surface area contributed by atoms with E-state index >= 15 is 0 Å². The Morgan fingerprint density at radius 1 is 1.21 bits per heavy atom. The Balaban J connectivity index is 1.95. The SMILES string of the molecule is CCC(C)(C)NC(=O)[C@@H](c1cccc(OC)c1OC)N(C[C@H]1CCCO1)C(=O)CCC(=O)Nc1cc(C)on1. The van der Waals surface area contributed by atoms with E-state index in [1.54, 1.807) is 31.2 Å². The Hall–Kier alpha value is -3.60. The first-order chi connectivity index (χ1) is 18.6. The van der Waals surface area contributed by atoms with Crippen molar-refractivity contribution in [1.82, 2.24) is 15.4 Å². The molecule has 1 fully saturated rings. The number of para-hydroxylation sites is 1. The summed E-state index contributed by atoms with van der Waals surface area (Å²) in [6.07, 6.45) is 1.86. The minimum absolute atomic E-state index is 0.100. The van der Waals surface area contributed by atoms with Crippen molar-refractivity contribution in [2.24, 2.45) is 0 Å². The van der Waals surface area contributed by atoms with Gasteiger partial charge >= 0.3 is 0 Å². The monoisotopic (exact) mass is 544 g/mol. The molecule has 0 bridgehead atoms. The predicted octanol–water partition coefficient (Wildman–Crippen LogP) is 3.77. The fourth-order valence-electron chi connectivity index (χ4n) is 4.42. The van der Waals surface area contributed by atoms with E-state index in [2.05, 4.69) is 15.8 Å². The zero-order valence-corrected chi connectivity index (χ0v) is 23.7. The first-order valence-corrected chi connectivity index (χ1v) is 13.3. The van der Waals surface area contributed by atoms with Gasteiger partial charge in [-0.1, -0.05) is 24.2 Å². The number of ether oxygens (including phenoxy) is 3. The third-order valence-electron chi connectivity index (χ3n) is 6.84. The summed E-state index contributed by atoms with van der Waals surface area (Å²) in [5, 5.41) is 9.47. The quantitative estimate of drug-likeness (QED) is 0.389. The maximum absolute atomic E-state index is 13.9. The molecule has 1 aliphatic rings. The van der Waals surface area contributed by atoms with E-state index in [0.29, 0.717) is 35.9 Å². The molecule has 0 spiro atoms. The van der Waals surface area contributed by atoms with Crippen LogP contribution in [0.15, 0.2) is 28.8 Å². The summed E-state index contributed by atoms with van der Waals surface area (Å²) in [6, 6.07) is 5.78. The van der Waals surface area contributed by atoms with Crippen LogP contribution in [0, 0.1) is 6.92 Å². The zero-order chi connectivity index (χ0) is 28.6. The number of carbonyl (C=O) groups excluding carboxylic acids is 3. The van der Waals surface area contributed by atoms with Crippen LogP contribution in [-0.4, -0.2) is 66.8 Å². The second-order valence-electron chi connectivity index (χ2n) is 10.3. The number of hydrogen-bond donors (Lipinski definition) is 2. The van der Waals surface area contributed by atoms with Crippen LogP contribution in [-0.2, 0) is 19.1 Å². The van der Waals surface area contributed by atoms with E-state index < -0.39 is 11.6 Å². The average Bonchev–Trinajstić information content (AvgIpc) is 3.57. The summed E-state index contributed by atoms with van der Waals surface area (Å²) in [5.41, 5.74) is -0.0366. The first-order valence-electron chi connectivity index (χ1n) is 13.3. The number of methoxy groups -OCH3 is 2. The van der Waals surface area contributed by atoms with E-state index in [0.717, 1.165) is 12.8 Å². The summed E-state index contributed by atoms with van der Waals surface area (Å²) >= 11 is 0. The van der Waals surface area contributed by atoms with Crippen LogP contribution in [0.3, 0.4) is 0 Å². The number of anilines is 1. The molecule has 2 aromatic rings. The van der Waals surface area contributed by atoms with E-state index in [4.69, 9.17) is 18.7 Å².